The van der Waals surface area contributed by atoms with Crippen molar-refractivity contribution in [1.29, 1.82) is 0 Å². The standard InChI is InChI=1S/C73H128NO8P/c1-3-5-7-9-11-13-15-17-19-21-23-25-27-29-31-32-33-34-35-36-37-38-40-41-43-45-47-49-51-53-55-57-59-61-63-65-72(75)79-69-71(70-81-83(77,78)80-68-67-74)82-73(76)66-64-62-60-58-56-54-52-50-48-46-44-42-39-30-28-26-24-22-20-18-16-14-12-10-8-6-4-2/h6,8,12,14-15,17-18,20-21,23-24,26,30,39,44,46,50,52,71H,3-5,7,9-11,13,16,19,22,25,27-29,31-38,40-43,45,47-49,51,53-70,74H2,1-2H3,(H,77,78)/b8-6-,14-12-,17-15-,20-18-,23-21-,26-24-,39-30-,46-44-,52-50-. The number of unbranched alkanes of at least 4 members (excludes halogenated alkanes) is 33. The minimum Gasteiger partial charge on any atom is -0.462 e. The number of rotatable bonds is 64. The van der Waals surface area contributed by atoms with Crippen LogP contribution in [-0.2, 0) is 32.7 Å². The molecular formula is C73H128NO8P. The molecule has 2 unspecified atom stereocenters. The summed E-state index contributed by atoms with van der Waals surface area (Å²) >= 11 is 0. The fourth-order valence-electron chi connectivity index (χ4n) is 9.59. The van der Waals surface area contributed by atoms with E-state index in [1.807, 2.05) is 0 Å². The summed E-state index contributed by atoms with van der Waals surface area (Å²) in [7, 11) is -4.40. The number of phosphoric acid groups is 1. The molecule has 0 fully saturated rings. The van der Waals surface area contributed by atoms with Crippen LogP contribution in [0.5, 0.6) is 0 Å². The molecular weight excluding hydrogens is 1050 g/mol. The minimum atomic E-state index is -4.40. The zero-order valence-corrected chi connectivity index (χ0v) is 54.5. The van der Waals surface area contributed by atoms with Crippen molar-refractivity contribution in [3.63, 3.8) is 0 Å². The third-order valence-electron chi connectivity index (χ3n) is 14.6. The molecule has 0 heterocycles. The van der Waals surface area contributed by atoms with Crippen molar-refractivity contribution in [3.8, 4) is 0 Å². The number of ether oxygens (including phenoxy) is 2. The van der Waals surface area contributed by atoms with Gasteiger partial charge in [-0.3, -0.25) is 18.6 Å². The molecule has 0 rings (SSSR count). The fraction of sp³-hybridized carbons (Fsp3) is 0.726. The van der Waals surface area contributed by atoms with Crippen LogP contribution >= 0.6 is 7.82 Å². The molecule has 0 aliphatic heterocycles. The second-order valence-electron chi connectivity index (χ2n) is 22.7. The Morgan fingerprint density at radius 2 is 0.663 bits per heavy atom. The molecule has 10 heteroatoms. The average molecular weight is 1180 g/mol. The molecule has 83 heavy (non-hydrogen) atoms. The van der Waals surface area contributed by atoms with Crippen LogP contribution in [0.25, 0.3) is 0 Å². The molecule has 9 nitrogen and oxygen atoms in total. The molecule has 0 aromatic heterocycles. The van der Waals surface area contributed by atoms with Gasteiger partial charge in [-0.05, 0) is 103 Å². The van der Waals surface area contributed by atoms with E-state index in [0.717, 1.165) is 103 Å². The molecule has 0 spiro atoms. The van der Waals surface area contributed by atoms with Crippen LogP contribution in [-0.4, -0.2) is 49.3 Å². The maximum absolute atomic E-state index is 12.7. The number of carbonyl (C=O) groups is 2. The number of carbonyl (C=O) groups excluding carboxylic acids is 2. The van der Waals surface area contributed by atoms with E-state index in [2.05, 4.69) is 123 Å². The van der Waals surface area contributed by atoms with Crippen molar-refractivity contribution in [2.24, 2.45) is 5.73 Å². The highest BCUT2D eigenvalue weighted by Crippen LogP contribution is 2.43. The second-order valence-corrected chi connectivity index (χ2v) is 24.1. The van der Waals surface area contributed by atoms with E-state index in [-0.39, 0.29) is 38.6 Å². The van der Waals surface area contributed by atoms with Crippen molar-refractivity contribution >= 4 is 19.8 Å². The van der Waals surface area contributed by atoms with Gasteiger partial charge in [0.05, 0.1) is 13.2 Å². The Kier molecular flexibility index (Phi) is 65.1. The van der Waals surface area contributed by atoms with Crippen molar-refractivity contribution in [2.45, 2.75) is 315 Å². The third-order valence-corrected chi connectivity index (χ3v) is 15.6. The number of allylic oxidation sites excluding steroid dienone is 18. The highest BCUT2D eigenvalue weighted by Gasteiger charge is 2.26. The highest BCUT2D eigenvalue weighted by atomic mass is 31.2. The van der Waals surface area contributed by atoms with Crippen molar-refractivity contribution in [1.82, 2.24) is 0 Å². The van der Waals surface area contributed by atoms with Crippen LogP contribution in [0.3, 0.4) is 0 Å². The average Bonchev–Trinajstić information content (AvgIpc) is 3.48. The minimum absolute atomic E-state index is 0.0457. The van der Waals surface area contributed by atoms with Gasteiger partial charge in [0, 0.05) is 19.4 Å². The monoisotopic (exact) mass is 1180 g/mol. The largest absolute Gasteiger partial charge is 0.472 e. The van der Waals surface area contributed by atoms with Gasteiger partial charge in [-0.1, -0.05) is 303 Å². The van der Waals surface area contributed by atoms with Crippen LogP contribution in [0.1, 0.15) is 309 Å². The predicted molar refractivity (Wildman–Crippen MR) is 358 cm³/mol. The van der Waals surface area contributed by atoms with E-state index in [1.165, 1.54) is 173 Å². The zero-order chi connectivity index (χ0) is 60.1. The summed E-state index contributed by atoms with van der Waals surface area (Å²) in [6.07, 6.45) is 93.2. The van der Waals surface area contributed by atoms with Gasteiger partial charge in [-0.25, -0.2) is 4.57 Å². The van der Waals surface area contributed by atoms with Crippen molar-refractivity contribution < 1.29 is 37.6 Å². The molecule has 0 aliphatic carbocycles. The SMILES string of the molecule is CC/C=C\C/C=C\C/C=C\C/C=C\C/C=C\C/C=C\C/C=C\CCCCCCCC(=O)OC(COC(=O)CCCCCCCCCCCCCCCCCCCCCCCCC/C=C\C/C=C\CCCCCCC)COP(=O)(O)OCCN. The molecule has 0 amide bonds. The van der Waals surface area contributed by atoms with Crippen LogP contribution in [0.2, 0.25) is 0 Å². The summed E-state index contributed by atoms with van der Waals surface area (Å²) in [5.74, 6) is -0.845. The molecule has 0 radical (unpaired) electrons. The van der Waals surface area contributed by atoms with Gasteiger partial charge in [0.1, 0.15) is 6.61 Å². The van der Waals surface area contributed by atoms with Crippen molar-refractivity contribution in [2.75, 3.05) is 26.4 Å². The summed E-state index contributed by atoms with van der Waals surface area (Å²) in [5.41, 5.74) is 5.40. The van der Waals surface area contributed by atoms with E-state index in [4.69, 9.17) is 24.3 Å². The Bertz CT molecular complexity index is 1730. The summed E-state index contributed by atoms with van der Waals surface area (Å²) < 4.78 is 33.1. The Balaban J connectivity index is 3.90. The van der Waals surface area contributed by atoms with E-state index in [0.29, 0.717) is 6.42 Å². The van der Waals surface area contributed by atoms with Gasteiger partial charge in [-0.15, -0.1) is 0 Å². The lowest BCUT2D eigenvalue weighted by molar-refractivity contribution is -0.161. The summed E-state index contributed by atoms with van der Waals surface area (Å²) in [6, 6.07) is 0. The topological polar surface area (TPSA) is 134 Å². The molecule has 0 aromatic carbocycles. The Morgan fingerprint density at radius 3 is 0.988 bits per heavy atom. The first-order chi connectivity index (χ1) is 40.8. The lowest BCUT2D eigenvalue weighted by atomic mass is 10.0. The summed E-state index contributed by atoms with van der Waals surface area (Å²) in [6.45, 7) is 3.62. The van der Waals surface area contributed by atoms with E-state index >= 15 is 0 Å². The van der Waals surface area contributed by atoms with Crippen molar-refractivity contribution in [3.05, 3.63) is 109 Å². The summed E-state index contributed by atoms with van der Waals surface area (Å²) in [4.78, 5) is 35.3. The van der Waals surface area contributed by atoms with Crippen LogP contribution in [0, 0.1) is 0 Å². The van der Waals surface area contributed by atoms with Gasteiger partial charge < -0.3 is 20.1 Å². The van der Waals surface area contributed by atoms with Gasteiger partial charge in [0.2, 0.25) is 0 Å². The number of phosphoric ester groups is 1. The molecule has 3 N–H and O–H groups in total. The van der Waals surface area contributed by atoms with Gasteiger partial charge in [0.25, 0.3) is 0 Å². The van der Waals surface area contributed by atoms with Crippen LogP contribution in [0.15, 0.2) is 109 Å². The fourth-order valence-corrected chi connectivity index (χ4v) is 10.4. The molecule has 0 bridgehead atoms. The smallest absolute Gasteiger partial charge is 0.462 e. The maximum atomic E-state index is 12.7. The zero-order valence-electron chi connectivity index (χ0n) is 53.7. The van der Waals surface area contributed by atoms with Gasteiger partial charge in [0.15, 0.2) is 6.10 Å². The van der Waals surface area contributed by atoms with E-state index in [9.17, 15) is 19.0 Å². The molecule has 0 aromatic rings. The first-order valence-electron chi connectivity index (χ1n) is 34.4. The lowest BCUT2D eigenvalue weighted by Gasteiger charge is -2.19. The number of esters is 2. The number of nitrogens with two attached hydrogens (primary N) is 1. The van der Waals surface area contributed by atoms with Crippen LogP contribution < -0.4 is 5.73 Å². The molecule has 478 valence electrons. The normalized spacial score (nSPS) is 13.6. The molecule has 0 saturated heterocycles. The Morgan fingerprint density at radius 1 is 0.373 bits per heavy atom. The molecule has 0 aliphatic rings. The predicted octanol–water partition coefficient (Wildman–Crippen LogP) is 22.5. The first kappa shape index (κ1) is 79.7. The highest BCUT2D eigenvalue weighted by molar-refractivity contribution is 7.47. The van der Waals surface area contributed by atoms with E-state index in [1.54, 1.807) is 0 Å². The van der Waals surface area contributed by atoms with Gasteiger partial charge in [-0.2, -0.15) is 0 Å². The molecule has 0 saturated carbocycles. The Labute approximate surface area is 511 Å². The summed E-state index contributed by atoms with van der Waals surface area (Å²) in [5, 5.41) is 0. The van der Waals surface area contributed by atoms with E-state index < -0.39 is 26.5 Å². The quantitative estimate of drug-likeness (QED) is 0.0264. The molecule has 2 atom stereocenters. The lowest BCUT2D eigenvalue weighted by Crippen LogP contribution is -2.29. The number of hydrogen-bond acceptors (Lipinski definition) is 8. The third kappa shape index (κ3) is 67.7. The number of hydrogen-bond donors (Lipinski definition) is 2. The second kappa shape index (κ2) is 67.8. The Hall–Kier alpha value is -3.33. The first-order valence-corrected chi connectivity index (χ1v) is 35.9. The maximum Gasteiger partial charge on any atom is 0.472 e. The van der Waals surface area contributed by atoms with Crippen LogP contribution in [0.4, 0.5) is 0 Å². The van der Waals surface area contributed by atoms with Gasteiger partial charge >= 0.3 is 19.8 Å².